The van der Waals surface area contributed by atoms with Gasteiger partial charge in [0.1, 0.15) is 5.82 Å². The lowest BCUT2D eigenvalue weighted by Gasteiger charge is -2.26. The molecule has 4 heteroatoms. The summed E-state index contributed by atoms with van der Waals surface area (Å²) in [5, 5.41) is 12.0. The Morgan fingerprint density at radius 3 is 2.67 bits per heavy atom. The van der Waals surface area contributed by atoms with Crippen LogP contribution in [0.4, 0.5) is 10.1 Å². The number of hydrogen-bond donors (Lipinski definition) is 2. The number of fused-ring (bicyclic) bond motifs is 1. The van der Waals surface area contributed by atoms with E-state index in [1.807, 2.05) is 12.1 Å². The molecule has 0 bridgehead atoms. The van der Waals surface area contributed by atoms with Gasteiger partial charge in [0, 0.05) is 6.04 Å². The van der Waals surface area contributed by atoms with Gasteiger partial charge in [0.2, 0.25) is 0 Å². The fourth-order valence-electron chi connectivity index (χ4n) is 2.81. The number of anilines is 1. The topological polar surface area (TPSA) is 49.3 Å². The number of halogens is 1. The van der Waals surface area contributed by atoms with E-state index in [9.17, 15) is 9.18 Å². The number of hydrogen-bond acceptors (Lipinski definition) is 2. The SMILES string of the molecule is O=C(O)c1ccc(NC2CCc3ccccc3C2)c(F)c1. The lowest BCUT2D eigenvalue weighted by atomic mass is 9.88. The Balaban J connectivity index is 1.75. The third-order valence-electron chi connectivity index (χ3n) is 3.92. The number of aryl methyl sites for hydroxylation is 1. The highest BCUT2D eigenvalue weighted by Crippen LogP contribution is 2.25. The number of benzene rings is 2. The van der Waals surface area contributed by atoms with Crippen LogP contribution < -0.4 is 5.32 Å². The summed E-state index contributed by atoms with van der Waals surface area (Å²) in [4.78, 5) is 10.8. The number of carbonyl (C=O) groups is 1. The molecule has 0 radical (unpaired) electrons. The second kappa shape index (κ2) is 5.56. The third kappa shape index (κ3) is 2.89. The minimum atomic E-state index is -1.12. The number of aromatic carboxylic acids is 1. The van der Waals surface area contributed by atoms with Gasteiger partial charge in [-0.2, -0.15) is 0 Å². The van der Waals surface area contributed by atoms with E-state index in [1.54, 1.807) is 0 Å². The van der Waals surface area contributed by atoms with Crippen molar-refractivity contribution < 1.29 is 14.3 Å². The summed E-state index contributed by atoms with van der Waals surface area (Å²) in [6, 6.07) is 12.4. The van der Waals surface area contributed by atoms with Gasteiger partial charge >= 0.3 is 5.97 Å². The highest BCUT2D eigenvalue weighted by Gasteiger charge is 2.19. The van der Waals surface area contributed by atoms with E-state index in [-0.39, 0.29) is 11.6 Å². The highest BCUT2D eigenvalue weighted by atomic mass is 19.1. The minimum absolute atomic E-state index is 0.0351. The summed E-state index contributed by atoms with van der Waals surface area (Å²) >= 11 is 0. The van der Waals surface area contributed by atoms with E-state index in [0.717, 1.165) is 25.3 Å². The predicted octanol–water partition coefficient (Wildman–Crippen LogP) is 3.49. The van der Waals surface area contributed by atoms with Gasteiger partial charge in [-0.3, -0.25) is 0 Å². The molecule has 0 saturated carbocycles. The van der Waals surface area contributed by atoms with Gasteiger partial charge in [0.15, 0.2) is 0 Å². The van der Waals surface area contributed by atoms with Gasteiger partial charge in [-0.15, -0.1) is 0 Å². The molecule has 21 heavy (non-hydrogen) atoms. The maximum absolute atomic E-state index is 13.9. The van der Waals surface area contributed by atoms with Gasteiger partial charge < -0.3 is 10.4 Å². The van der Waals surface area contributed by atoms with Crippen molar-refractivity contribution in [2.45, 2.75) is 25.3 Å². The number of rotatable bonds is 3. The molecule has 1 aliphatic rings. The number of nitrogens with one attached hydrogen (secondary N) is 1. The lowest BCUT2D eigenvalue weighted by molar-refractivity contribution is 0.0696. The fourth-order valence-corrected chi connectivity index (χ4v) is 2.81. The van der Waals surface area contributed by atoms with E-state index in [0.29, 0.717) is 5.69 Å². The quantitative estimate of drug-likeness (QED) is 0.907. The summed E-state index contributed by atoms with van der Waals surface area (Å²) < 4.78 is 13.9. The van der Waals surface area contributed by atoms with Gasteiger partial charge in [-0.1, -0.05) is 24.3 Å². The van der Waals surface area contributed by atoms with E-state index < -0.39 is 11.8 Å². The zero-order valence-electron chi connectivity index (χ0n) is 11.5. The molecule has 2 aromatic rings. The molecule has 1 aliphatic carbocycles. The summed E-state index contributed by atoms with van der Waals surface area (Å²) in [6.45, 7) is 0. The van der Waals surface area contributed by atoms with Crippen molar-refractivity contribution in [1.29, 1.82) is 0 Å². The van der Waals surface area contributed by atoms with E-state index in [2.05, 4.69) is 17.4 Å². The van der Waals surface area contributed by atoms with Crippen LogP contribution in [-0.4, -0.2) is 17.1 Å². The van der Waals surface area contributed by atoms with Crippen molar-refractivity contribution >= 4 is 11.7 Å². The molecule has 2 aromatic carbocycles. The molecule has 108 valence electrons. The van der Waals surface area contributed by atoms with Gasteiger partial charge in [-0.25, -0.2) is 9.18 Å². The van der Waals surface area contributed by atoms with E-state index >= 15 is 0 Å². The third-order valence-corrected chi connectivity index (χ3v) is 3.92. The molecule has 0 saturated heterocycles. The molecule has 0 aliphatic heterocycles. The Morgan fingerprint density at radius 2 is 1.95 bits per heavy atom. The first-order valence-corrected chi connectivity index (χ1v) is 6.99. The summed E-state index contributed by atoms with van der Waals surface area (Å²) in [5.74, 6) is -1.64. The molecule has 0 spiro atoms. The number of carboxylic acids is 1. The Labute approximate surface area is 122 Å². The summed E-state index contributed by atoms with van der Waals surface area (Å²) in [6.07, 6.45) is 2.77. The molecule has 0 aromatic heterocycles. The fraction of sp³-hybridized carbons (Fsp3) is 0.235. The van der Waals surface area contributed by atoms with Crippen molar-refractivity contribution in [2.75, 3.05) is 5.32 Å². The van der Waals surface area contributed by atoms with Crippen LogP contribution in [0, 0.1) is 5.82 Å². The molecule has 0 heterocycles. The second-order valence-electron chi connectivity index (χ2n) is 5.35. The largest absolute Gasteiger partial charge is 0.478 e. The predicted molar refractivity (Wildman–Crippen MR) is 79.2 cm³/mol. The van der Waals surface area contributed by atoms with Crippen LogP contribution in [0.25, 0.3) is 0 Å². The maximum Gasteiger partial charge on any atom is 0.335 e. The first-order valence-electron chi connectivity index (χ1n) is 6.99. The van der Waals surface area contributed by atoms with Crippen molar-refractivity contribution in [3.05, 3.63) is 65.0 Å². The standard InChI is InChI=1S/C17H16FNO2/c18-15-10-13(17(20)21)6-8-16(15)19-14-7-5-11-3-1-2-4-12(11)9-14/h1-4,6,8,10,14,19H,5,7,9H2,(H,20,21). The first-order chi connectivity index (χ1) is 10.1. The van der Waals surface area contributed by atoms with Crippen LogP contribution in [-0.2, 0) is 12.8 Å². The van der Waals surface area contributed by atoms with Gasteiger partial charge in [0.25, 0.3) is 0 Å². The van der Waals surface area contributed by atoms with Crippen molar-refractivity contribution in [3.8, 4) is 0 Å². The molecule has 0 amide bonds. The zero-order chi connectivity index (χ0) is 14.8. The first kappa shape index (κ1) is 13.6. The molecular formula is C17H16FNO2. The van der Waals surface area contributed by atoms with E-state index in [1.165, 1.54) is 23.3 Å². The van der Waals surface area contributed by atoms with Crippen LogP contribution in [0.2, 0.25) is 0 Å². The van der Waals surface area contributed by atoms with Crippen LogP contribution in [0.15, 0.2) is 42.5 Å². The monoisotopic (exact) mass is 285 g/mol. The Morgan fingerprint density at radius 1 is 1.19 bits per heavy atom. The van der Waals surface area contributed by atoms with Gasteiger partial charge in [0.05, 0.1) is 11.3 Å². The average Bonchev–Trinajstić information content (AvgIpc) is 2.49. The second-order valence-corrected chi connectivity index (χ2v) is 5.35. The van der Waals surface area contributed by atoms with Crippen LogP contribution in [0.3, 0.4) is 0 Å². The molecular weight excluding hydrogens is 269 g/mol. The normalized spacial score (nSPS) is 17.1. The molecule has 3 rings (SSSR count). The molecule has 3 nitrogen and oxygen atoms in total. The minimum Gasteiger partial charge on any atom is -0.478 e. The average molecular weight is 285 g/mol. The molecule has 1 unspecified atom stereocenters. The smallest absolute Gasteiger partial charge is 0.335 e. The van der Waals surface area contributed by atoms with Crippen molar-refractivity contribution in [2.24, 2.45) is 0 Å². The summed E-state index contributed by atoms with van der Waals surface area (Å²) in [7, 11) is 0. The van der Waals surface area contributed by atoms with E-state index in [4.69, 9.17) is 5.11 Å². The molecule has 2 N–H and O–H groups in total. The van der Waals surface area contributed by atoms with Crippen LogP contribution >= 0.6 is 0 Å². The van der Waals surface area contributed by atoms with Crippen molar-refractivity contribution in [3.63, 3.8) is 0 Å². The van der Waals surface area contributed by atoms with Crippen LogP contribution in [0.1, 0.15) is 27.9 Å². The van der Waals surface area contributed by atoms with Gasteiger partial charge in [-0.05, 0) is 48.6 Å². The Hall–Kier alpha value is -2.36. The van der Waals surface area contributed by atoms with Crippen molar-refractivity contribution in [1.82, 2.24) is 0 Å². The lowest BCUT2D eigenvalue weighted by Crippen LogP contribution is -2.27. The summed E-state index contributed by atoms with van der Waals surface area (Å²) in [5.41, 5.74) is 2.98. The Bertz CT molecular complexity index is 684. The maximum atomic E-state index is 13.9. The molecule has 1 atom stereocenters. The zero-order valence-corrected chi connectivity index (χ0v) is 11.5. The highest BCUT2D eigenvalue weighted by molar-refractivity contribution is 5.88. The number of carboxylic acid groups (broad SMARTS) is 1. The molecule has 0 fully saturated rings. The van der Waals surface area contributed by atoms with Crippen LogP contribution in [0.5, 0.6) is 0 Å². The Kier molecular flexibility index (Phi) is 3.60.